The largest absolute Gasteiger partial charge is 0.462 e. The fourth-order valence-electron chi connectivity index (χ4n) is 2.57. The summed E-state index contributed by atoms with van der Waals surface area (Å²) in [6.07, 6.45) is 1.59. The summed E-state index contributed by atoms with van der Waals surface area (Å²) in [6.45, 7) is 16.2. The molecule has 0 aliphatic carbocycles. The minimum atomic E-state index is -1.80. The summed E-state index contributed by atoms with van der Waals surface area (Å²) in [5.41, 5.74) is 1.10. The molecule has 0 aromatic heterocycles. The molecule has 0 saturated carbocycles. The third kappa shape index (κ3) is 3.81. The lowest BCUT2D eigenvalue weighted by molar-refractivity contribution is -0.238. The number of para-hydroxylation sites is 1. The van der Waals surface area contributed by atoms with E-state index in [1.54, 1.807) is 0 Å². The molecule has 0 fully saturated rings. The van der Waals surface area contributed by atoms with Gasteiger partial charge in [0.05, 0.1) is 6.61 Å². The van der Waals surface area contributed by atoms with Crippen LogP contribution >= 0.6 is 0 Å². The Morgan fingerprint density at radius 2 is 1.74 bits per heavy atom. The Morgan fingerprint density at radius 1 is 1.13 bits per heavy atom. The predicted molar refractivity (Wildman–Crippen MR) is 97.4 cm³/mol. The fourth-order valence-corrected chi connectivity index (χ4v) is 3.57. The van der Waals surface area contributed by atoms with Crippen molar-refractivity contribution in [1.29, 1.82) is 0 Å². The van der Waals surface area contributed by atoms with Gasteiger partial charge >= 0.3 is 0 Å². The molecule has 23 heavy (non-hydrogen) atoms. The second-order valence-electron chi connectivity index (χ2n) is 7.94. The van der Waals surface area contributed by atoms with Gasteiger partial charge in [-0.1, -0.05) is 52.8 Å². The first-order chi connectivity index (χ1) is 10.6. The van der Waals surface area contributed by atoms with Gasteiger partial charge in [0, 0.05) is 18.4 Å². The lowest BCUT2D eigenvalue weighted by atomic mass is 10.0. The molecular weight excluding hydrogens is 304 g/mol. The number of ether oxygens (including phenoxy) is 2. The lowest BCUT2D eigenvalue weighted by Gasteiger charge is -2.43. The van der Waals surface area contributed by atoms with E-state index >= 15 is 0 Å². The van der Waals surface area contributed by atoms with Gasteiger partial charge < -0.3 is 13.9 Å². The predicted octanol–water partition coefficient (Wildman–Crippen LogP) is 5.67. The molecule has 0 spiro atoms. The monoisotopic (exact) mass is 336 g/mol. The Balaban J connectivity index is 2.23. The van der Waals surface area contributed by atoms with E-state index in [9.17, 15) is 0 Å². The average Bonchev–Trinajstić information content (AvgIpc) is 2.51. The number of rotatable bonds is 5. The minimum absolute atomic E-state index is 0.0611. The van der Waals surface area contributed by atoms with Gasteiger partial charge in [-0.05, 0) is 24.2 Å². The van der Waals surface area contributed by atoms with E-state index in [0.29, 0.717) is 6.61 Å². The molecule has 0 radical (unpaired) electrons. The molecule has 0 bridgehead atoms. The molecule has 3 nitrogen and oxygen atoms in total. The van der Waals surface area contributed by atoms with Crippen molar-refractivity contribution in [3.8, 4) is 5.75 Å². The number of hydrogen-bond donors (Lipinski definition) is 0. The van der Waals surface area contributed by atoms with E-state index in [-0.39, 0.29) is 11.1 Å². The summed E-state index contributed by atoms with van der Waals surface area (Å²) < 4.78 is 19.0. The van der Waals surface area contributed by atoms with Gasteiger partial charge in [-0.25, -0.2) is 0 Å². The Bertz CT molecular complexity index is 530. The van der Waals surface area contributed by atoms with Crippen LogP contribution in [0.1, 0.15) is 59.1 Å². The molecule has 130 valence electrons. The summed E-state index contributed by atoms with van der Waals surface area (Å²) >= 11 is 0. The topological polar surface area (TPSA) is 27.7 Å². The van der Waals surface area contributed by atoms with Gasteiger partial charge in [0.1, 0.15) is 11.9 Å². The zero-order valence-electron chi connectivity index (χ0n) is 15.7. The first-order valence-corrected chi connectivity index (χ1v) is 11.6. The molecule has 1 aliphatic rings. The van der Waals surface area contributed by atoms with Gasteiger partial charge in [0.25, 0.3) is 0 Å². The van der Waals surface area contributed by atoms with Crippen LogP contribution in [-0.4, -0.2) is 20.7 Å². The molecule has 0 N–H and O–H groups in total. The summed E-state index contributed by atoms with van der Waals surface area (Å²) in [5.74, 6) is 0.404. The first-order valence-electron chi connectivity index (χ1n) is 8.74. The van der Waals surface area contributed by atoms with Crippen molar-refractivity contribution in [3.05, 3.63) is 29.8 Å². The SMILES string of the molecule is CCC1(CC)Oc2ccccc2C(CO[Si](C)(C)C(C)(C)C)O1. The van der Waals surface area contributed by atoms with Crippen molar-refractivity contribution in [2.24, 2.45) is 0 Å². The standard InChI is InChI=1S/C19H32O3Si/c1-8-19(9-2)21-16-13-11-10-12-15(16)17(22-19)14-20-23(6,7)18(3,4)5/h10-13,17H,8-9,14H2,1-7H3. The van der Waals surface area contributed by atoms with Crippen molar-refractivity contribution in [2.45, 2.75) is 77.5 Å². The molecule has 1 unspecified atom stereocenters. The third-order valence-electron chi connectivity index (χ3n) is 5.40. The Hall–Kier alpha value is -0.843. The van der Waals surface area contributed by atoms with Crippen LogP contribution < -0.4 is 4.74 Å². The number of fused-ring (bicyclic) bond motifs is 1. The van der Waals surface area contributed by atoms with Crippen LogP contribution in [0, 0.1) is 0 Å². The number of benzene rings is 1. The zero-order chi connectivity index (χ0) is 17.3. The van der Waals surface area contributed by atoms with Crippen molar-refractivity contribution in [3.63, 3.8) is 0 Å². The van der Waals surface area contributed by atoms with Crippen LogP contribution in [0.2, 0.25) is 18.1 Å². The van der Waals surface area contributed by atoms with Gasteiger partial charge in [-0.3, -0.25) is 0 Å². The highest BCUT2D eigenvalue weighted by Crippen LogP contribution is 2.43. The van der Waals surface area contributed by atoms with Crippen LogP contribution in [0.5, 0.6) is 5.75 Å². The maximum atomic E-state index is 6.43. The molecule has 0 amide bonds. The lowest BCUT2D eigenvalue weighted by Crippen LogP contribution is -2.46. The summed E-state index contributed by atoms with van der Waals surface area (Å²) in [4.78, 5) is 0. The van der Waals surface area contributed by atoms with E-state index in [4.69, 9.17) is 13.9 Å². The van der Waals surface area contributed by atoms with Gasteiger partial charge in [0.15, 0.2) is 8.32 Å². The molecule has 1 aromatic carbocycles. The maximum absolute atomic E-state index is 6.43. The van der Waals surface area contributed by atoms with E-state index in [2.05, 4.69) is 53.8 Å². The highest BCUT2D eigenvalue weighted by Gasteiger charge is 2.42. The van der Waals surface area contributed by atoms with Crippen molar-refractivity contribution in [1.82, 2.24) is 0 Å². The Kier molecular flexibility index (Phi) is 5.29. The number of hydrogen-bond acceptors (Lipinski definition) is 3. The van der Waals surface area contributed by atoms with Crippen molar-refractivity contribution < 1.29 is 13.9 Å². The smallest absolute Gasteiger partial charge is 0.210 e. The van der Waals surface area contributed by atoms with Crippen LogP contribution in [0.4, 0.5) is 0 Å². The molecule has 1 aromatic rings. The molecule has 0 saturated heterocycles. The zero-order valence-corrected chi connectivity index (χ0v) is 16.7. The summed E-state index contributed by atoms with van der Waals surface area (Å²) in [5, 5.41) is 0.199. The minimum Gasteiger partial charge on any atom is -0.462 e. The average molecular weight is 337 g/mol. The Morgan fingerprint density at radius 3 is 2.30 bits per heavy atom. The van der Waals surface area contributed by atoms with Crippen molar-refractivity contribution in [2.75, 3.05) is 6.61 Å². The second-order valence-corrected chi connectivity index (χ2v) is 12.7. The highest BCUT2D eigenvalue weighted by molar-refractivity contribution is 6.74. The normalized spacial score (nSPS) is 20.7. The van der Waals surface area contributed by atoms with Gasteiger partial charge in [0.2, 0.25) is 5.79 Å². The van der Waals surface area contributed by atoms with Crippen LogP contribution in [0.3, 0.4) is 0 Å². The molecule has 1 heterocycles. The second kappa shape index (κ2) is 6.58. The first kappa shape index (κ1) is 18.5. The van der Waals surface area contributed by atoms with Crippen LogP contribution in [0.25, 0.3) is 0 Å². The summed E-state index contributed by atoms with van der Waals surface area (Å²) in [7, 11) is -1.80. The van der Waals surface area contributed by atoms with E-state index in [0.717, 1.165) is 24.2 Å². The highest BCUT2D eigenvalue weighted by atomic mass is 28.4. The molecule has 4 heteroatoms. The quantitative estimate of drug-likeness (QED) is 0.648. The molecular formula is C19H32O3Si. The van der Waals surface area contributed by atoms with Gasteiger partial charge in [-0.2, -0.15) is 0 Å². The van der Waals surface area contributed by atoms with Crippen LogP contribution in [-0.2, 0) is 9.16 Å². The molecule has 1 aliphatic heterocycles. The fraction of sp³-hybridized carbons (Fsp3) is 0.684. The van der Waals surface area contributed by atoms with Crippen molar-refractivity contribution >= 4 is 8.32 Å². The van der Waals surface area contributed by atoms with Gasteiger partial charge in [-0.15, -0.1) is 0 Å². The third-order valence-corrected chi connectivity index (χ3v) is 9.90. The van der Waals surface area contributed by atoms with E-state index < -0.39 is 14.1 Å². The van der Waals surface area contributed by atoms with E-state index in [1.165, 1.54) is 0 Å². The summed E-state index contributed by atoms with van der Waals surface area (Å²) in [6, 6.07) is 8.18. The van der Waals surface area contributed by atoms with E-state index in [1.807, 2.05) is 18.2 Å². The molecule has 2 rings (SSSR count). The van der Waals surface area contributed by atoms with Crippen LogP contribution in [0.15, 0.2) is 24.3 Å². The maximum Gasteiger partial charge on any atom is 0.210 e. The Labute approximate surface area is 142 Å². The molecule has 1 atom stereocenters.